The number of hydrogen-bond donors (Lipinski definition) is 2. The zero-order valence-electron chi connectivity index (χ0n) is 21.9. The Bertz CT molecular complexity index is 1010. The van der Waals surface area contributed by atoms with Crippen molar-refractivity contribution in [3.8, 4) is 11.5 Å². The van der Waals surface area contributed by atoms with Crippen LogP contribution in [0.15, 0.2) is 34.8 Å². The minimum absolute atomic E-state index is 0.112. The Kier molecular flexibility index (Phi) is 10.1. The summed E-state index contributed by atoms with van der Waals surface area (Å²) in [6, 6.07) is 3.94. The molecule has 3 rings (SSSR count). The Morgan fingerprint density at radius 1 is 1.08 bits per heavy atom. The molecule has 0 bridgehead atoms. The van der Waals surface area contributed by atoms with Gasteiger partial charge in [-0.1, -0.05) is 32.8 Å². The molecule has 8 nitrogen and oxygen atoms in total. The molecule has 2 N–H and O–H groups in total. The third-order valence-electron chi connectivity index (χ3n) is 6.53. The standard InChI is InChI=1S/C28H39NO7/c1-5-8-19-22(13-10-18-11-14-24(28(31)32)36-25(18)19)34-16-7-17-35-23-15-12-21(27(30)29-3)26(33-4)20(23)9-6-2/h10,13,24H,5-9,11-12,14-17H2,1-4H3,(H,29,30)(H,31,32). The Hall–Kier alpha value is -3.16. The summed E-state index contributed by atoms with van der Waals surface area (Å²) >= 11 is 0. The quantitative estimate of drug-likeness (QED) is 0.378. The second kappa shape index (κ2) is 13.2. The summed E-state index contributed by atoms with van der Waals surface area (Å²) in [5.41, 5.74) is 3.62. The largest absolute Gasteiger partial charge is 0.497 e. The van der Waals surface area contributed by atoms with Crippen LogP contribution >= 0.6 is 0 Å². The molecule has 36 heavy (non-hydrogen) atoms. The highest BCUT2D eigenvalue weighted by molar-refractivity contribution is 5.94. The second-order valence-corrected chi connectivity index (χ2v) is 9.06. The molecule has 0 aromatic heterocycles. The number of nitrogens with one attached hydrogen (secondary N) is 1. The van der Waals surface area contributed by atoms with Crippen molar-refractivity contribution in [3.63, 3.8) is 0 Å². The maximum Gasteiger partial charge on any atom is 0.344 e. The maximum atomic E-state index is 12.3. The first kappa shape index (κ1) is 27.4. The zero-order chi connectivity index (χ0) is 26.1. The van der Waals surface area contributed by atoms with Gasteiger partial charge in [0.1, 0.15) is 23.0 Å². The van der Waals surface area contributed by atoms with E-state index in [0.717, 1.165) is 53.9 Å². The number of aliphatic carboxylic acids is 1. The zero-order valence-corrected chi connectivity index (χ0v) is 21.9. The van der Waals surface area contributed by atoms with Gasteiger partial charge in [0.25, 0.3) is 5.91 Å². The van der Waals surface area contributed by atoms with Gasteiger partial charge in [-0.2, -0.15) is 0 Å². The number of methoxy groups -OCH3 is 1. The third kappa shape index (κ3) is 6.33. The number of amides is 1. The van der Waals surface area contributed by atoms with Crippen LogP contribution in [0.4, 0.5) is 0 Å². The van der Waals surface area contributed by atoms with Gasteiger partial charge in [-0.3, -0.25) is 4.79 Å². The fraction of sp³-hybridized carbons (Fsp3) is 0.571. The summed E-state index contributed by atoms with van der Waals surface area (Å²) in [7, 11) is 3.22. The van der Waals surface area contributed by atoms with Gasteiger partial charge in [0, 0.05) is 31.0 Å². The molecule has 1 aliphatic carbocycles. The number of carboxylic acids is 1. The number of likely N-dealkylation sites (N-methyl/N-ethyl adjacent to an activating group) is 1. The van der Waals surface area contributed by atoms with E-state index >= 15 is 0 Å². The summed E-state index contributed by atoms with van der Waals surface area (Å²) < 4.78 is 23.7. The number of aryl methyl sites for hydroxylation is 1. The summed E-state index contributed by atoms with van der Waals surface area (Å²) in [6.45, 7) is 5.12. The van der Waals surface area contributed by atoms with E-state index in [9.17, 15) is 14.7 Å². The molecule has 0 saturated heterocycles. The Morgan fingerprint density at radius 3 is 2.50 bits per heavy atom. The van der Waals surface area contributed by atoms with E-state index in [-0.39, 0.29) is 5.91 Å². The molecule has 0 fully saturated rings. The molecule has 1 amide bonds. The average molecular weight is 502 g/mol. The number of ether oxygens (including phenoxy) is 4. The molecule has 0 radical (unpaired) electrons. The van der Waals surface area contributed by atoms with E-state index in [1.807, 2.05) is 12.1 Å². The monoisotopic (exact) mass is 501 g/mol. The van der Waals surface area contributed by atoms with Gasteiger partial charge >= 0.3 is 5.97 Å². The molecule has 1 unspecified atom stereocenters. The summed E-state index contributed by atoms with van der Waals surface area (Å²) in [5, 5.41) is 12.1. The number of benzene rings is 1. The van der Waals surface area contributed by atoms with Crippen molar-refractivity contribution in [1.82, 2.24) is 5.32 Å². The van der Waals surface area contributed by atoms with Crippen molar-refractivity contribution >= 4 is 11.9 Å². The van der Waals surface area contributed by atoms with Crippen molar-refractivity contribution in [1.29, 1.82) is 0 Å². The lowest BCUT2D eigenvalue weighted by Gasteiger charge is -2.27. The van der Waals surface area contributed by atoms with Crippen molar-refractivity contribution in [2.75, 3.05) is 27.4 Å². The first-order valence-corrected chi connectivity index (χ1v) is 13.0. The lowest BCUT2D eigenvalue weighted by molar-refractivity contribution is -0.145. The van der Waals surface area contributed by atoms with Crippen molar-refractivity contribution < 1.29 is 33.6 Å². The van der Waals surface area contributed by atoms with Crippen LogP contribution in [0.5, 0.6) is 11.5 Å². The van der Waals surface area contributed by atoms with Crippen LogP contribution in [0.3, 0.4) is 0 Å². The lowest BCUT2D eigenvalue weighted by atomic mass is 9.92. The molecular formula is C28H39NO7. The SMILES string of the molecule is CCCC1=C(OCCCOc2ccc3c(c2CCC)OC(C(=O)O)CC3)CCC(C(=O)NC)=C1OC. The number of allylic oxidation sites excluding steroid dienone is 2. The van der Waals surface area contributed by atoms with Crippen molar-refractivity contribution in [3.05, 3.63) is 45.9 Å². The summed E-state index contributed by atoms with van der Waals surface area (Å²) in [6.07, 6.45) is 5.63. The van der Waals surface area contributed by atoms with Crippen LogP contribution in [0.2, 0.25) is 0 Å². The predicted octanol–water partition coefficient (Wildman–Crippen LogP) is 4.70. The molecule has 198 valence electrons. The first-order chi connectivity index (χ1) is 17.4. The minimum atomic E-state index is -0.931. The van der Waals surface area contributed by atoms with Gasteiger partial charge in [-0.15, -0.1) is 0 Å². The number of carbonyl (C=O) groups excluding carboxylic acids is 1. The molecule has 1 aromatic rings. The van der Waals surface area contributed by atoms with E-state index < -0.39 is 12.1 Å². The molecule has 2 aliphatic rings. The fourth-order valence-electron chi connectivity index (χ4n) is 4.81. The smallest absolute Gasteiger partial charge is 0.344 e. The number of carbonyl (C=O) groups is 2. The van der Waals surface area contributed by atoms with Crippen LogP contribution in [0, 0.1) is 0 Å². The van der Waals surface area contributed by atoms with E-state index in [1.165, 1.54) is 0 Å². The van der Waals surface area contributed by atoms with Crippen molar-refractivity contribution in [2.24, 2.45) is 0 Å². The lowest BCUT2D eigenvalue weighted by Crippen LogP contribution is -2.31. The van der Waals surface area contributed by atoms with Crippen LogP contribution in [0.25, 0.3) is 0 Å². The van der Waals surface area contributed by atoms with Gasteiger partial charge in [0.15, 0.2) is 6.10 Å². The first-order valence-electron chi connectivity index (χ1n) is 13.0. The van der Waals surface area contributed by atoms with Crippen LogP contribution in [0.1, 0.15) is 69.9 Å². The average Bonchev–Trinajstić information content (AvgIpc) is 2.89. The predicted molar refractivity (Wildman–Crippen MR) is 136 cm³/mol. The van der Waals surface area contributed by atoms with Gasteiger partial charge in [0.05, 0.1) is 25.9 Å². The number of rotatable bonds is 13. The Balaban J connectivity index is 1.64. The second-order valence-electron chi connectivity index (χ2n) is 9.06. The highest BCUT2D eigenvalue weighted by atomic mass is 16.5. The summed E-state index contributed by atoms with van der Waals surface area (Å²) in [5.74, 6) is 1.89. The molecule has 1 aromatic carbocycles. The molecule has 8 heteroatoms. The van der Waals surface area contributed by atoms with Crippen molar-refractivity contribution in [2.45, 2.75) is 77.7 Å². The highest BCUT2D eigenvalue weighted by Gasteiger charge is 2.29. The minimum Gasteiger partial charge on any atom is -0.497 e. The fourth-order valence-corrected chi connectivity index (χ4v) is 4.81. The maximum absolute atomic E-state index is 12.3. The van der Waals surface area contributed by atoms with Crippen LogP contribution in [-0.2, 0) is 31.9 Å². The summed E-state index contributed by atoms with van der Waals surface area (Å²) in [4.78, 5) is 23.7. The topological polar surface area (TPSA) is 103 Å². The van der Waals surface area contributed by atoms with E-state index in [1.54, 1.807) is 14.2 Å². The molecular weight excluding hydrogens is 462 g/mol. The van der Waals surface area contributed by atoms with E-state index in [2.05, 4.69) is 19.2 Å². The van der Waals surface area contributed by atoms with E-state index in [4.69, 9.17) is 18.9 Å². The number of hydrogen-bond acceptors (Lipinski definition) is 6. The Labute approximate surface area is 213 Å². The molecule has 0 spiro atoms. The van der Waals surface area contributed by atoms with Gasteiger partial charge in [0.2, 0.25) is 0 Å². The number of fused-ring (bicyclic) bond motifs is 1. The van der Waals surface area contributed by atoms with Gasteiger partial charge in [-0.25, -0.2) is 4.79 Å². The highest BCUT2D eigenvalue weighted by Crippen LogP contribution is 2.38. The Morgan fingerprint density at radius 2 is 1.83 bits per heavy atom. The van der Waals surface area contributed by atoms with Gasteiger partial charge < -0.3 is 29.4 Å². The normalized spacial score (nSPS) is 17.3. The molecule has 1 aliphatic heterocycles. The van der Waals surface area contributed by atoms with Crippen LogP contribution < -0.4 is 14.8 Å². The molecule has 1 heterocycles. The molecule has 0 saturated carbocycles. The van der Waals surface area contributed by atoms with Crippen LogP contribution in [-0.4, -0.2) is 50.5 Å². The third-order valence-corrected chi connectivity index (χ3v) is 6.53. The van der Waals surface area contributed by atoms with Gasteiger partial charge in [-0.05, 0) is 43.7 Å². The molecule has 1 atom stereocenters. The van der Waals surface area contributed by atoms with E-state index in [0.29, 0.717) is 62.4 Å². The number of carboxylic acid groups (broad SMARTS) is 1.